The van der Waals surface area contributed by atoms with E-state index < -0.39 is 9.84 Å². The lowest BCUT2D eigenvalue weighted by molar-refractivity contribution is 0.0165. The highest BCUT2D eigenvalue weighted by molar-refractivity contribution is 7.91. The molecular weight excluding hydrogens is 350 g/mol. The molecule has 26 heavy (non-hydrogen) atoms. The van der Waals surface area contributed by atoms with E-state index >= 15 is 0 Å². The standard InChI is InChI=1S/C19H35N3O3S/c1-15-11-18(7-9-25-15)22-19(20-12-16-5-3-2-4-6-16)21-13-17-8-10-26(23,24)14-17/h15-18H,2-14H2,1H3,(H2,20,21,22). The molecular formula is C19H35N3O3S. The van der Waals surface area contributed by atoms with E-state index in [0.29, 0.717) is 24.1 Å². The average Bonchev–Trinajstić information content (AvgIpc) is 2.97. The highest BCUT2D eigenvalue weighted by atomic mass is 32.2. The molecule has 3 rings (SSSR count). The van der Waals surface area contributed by atoms with Crippen LogP contribution in [-0.4, -0.2) is 57.7 Å². The predicted molar refractivity (Wildman–Crippen MR) is 105 cm³/mol. The molecule has 7 heteroatoms. The van der Waals surface area contributed by atoms with E-state index in [9.17, 15) is 8.42 Å². The van der Waals surface area contributed by atoms with Crippen LogP contribution in [0.5, 0.6) is 0 Å². The van der Waals surface area contributed by atoms with Crippen molar-refractivity contribution in [1.29, 1.82) is 0 Å². The Morgan fingerprint density at radius 1 is 1.12 bits per heavy atom. The van der Waals surface area contributed by atoms with Gasteiger partial charge in [-0.3, -0.25) is 4.99 Å². The number of hydrogen-bond acceptors (Lipinski definition) is 4. The van der Waals surface area contributed by atoms with Gasteiger partial charge in [0.1, 0.15) is 0 Å². The molecule has 3 unspecified atom stereocenters. The molecule has 3 aliphatic rings. The van der Waals surface area contributed by atoms with Crippen molar-refractivity contribution in [2.24, 2.45) is 16.8 Å². The summed E-state index contributed by atoms with van der Waals surface area (Å²) in [6.45, 7) is 4.46. The molecule has 2 N–H and O–H groups in total. The summed E-state index contributed by atoms with van der Waals surface area (Å²) >= 11 is 0. The van der Waals surface area contributed by atoms with Gasteiger partial charge >= 0.3 is 0 Å². The molecule has 0 bridgehead atoms. The van der Waals surface area contributed by atoms with Crippen LogP contribution in [0.2, 0.25) is 0 Å². The summed E-state index contributed by atoms with van der Waals surface area (Å²) in [6.07, 6.45) is 9.65. The molecule has 1 aliphatic carbocycles. The molecule has 3 atom stereocenters. The van der Waals surface area contributed by atoms with Crippen LogP contribution in [0.1, 0.15) is 58.3 Å². The third kappa shape index (κ3) is 6.41. The SMILES string of the molecule is CC1CC(NC(=NCC2CCS(=O)(=O)C2)NCC2CCCCC2)CCO1. The fourth-order valence-corrected chi connectivity index (χ4v) is 6.19. The van der Waals surface area contributed by atoms with Crippen LogP contribution in [0.15, 0.2) is 4.99 Å². The Morgan fingerprint density at radius 2 is 1.92 bits per heavy atom. The Bertz CT molecular complexity index is 573. The third-order valence-corrected chi connectivity index (χ3v) is 7.78. The Hall–Kier alpha value is -0.820. The Labute approximate surface area is 158 Å². The van der Waals surface area contributed by atoms with E-state index in [2.05, 4.69) is 17.6 Å². The first-order chi connectivity index (χ1) is 12.5. The van der Waals surface area contributed by atoms with Gasteiger partial charge in [-0.2, -0.15) is 0 Å². The van der Waals surface area contributed by atoms with Crippen molar-refractivity contribution in [3.8, 4) is 0 Å². The third-order valence-electron chi connectivity index (χ3n) is 5.94. The van der Waals surface area contributed by atoms with Crippen molar-refractivity contribution in [2.75, 3.05) is 31.2 Å². The molecule has 0 aromatic heterocycles. The second-order valence-corrected chi connectivity index (χ2v) is 10.6. The quantitative estimate of drug-likeness (QED) is 0.560. The lowest BCUT2D eigenvalue weighted by atomic mass is 9.89. The minimum Gasteiger partial charge on any atom is -0.378 e. The molecule has 1 saturated carbocycles. The number of ether oxygens (including phenoxy) is 1. The monoisotopic (exact) mass is 385 g/mol. The maximum absolute atomic E-state index is 11.7. The Kier molecular flexibility index (Phi) is 7.20. The van der Waals surface area contributed by atoms with Crippen LogP contribution in [0.4, 0.5) is 0 Å². The topological polar surface area (TPSA) is 79.8 Å². The van der Waals surface area contributed by atoms with Gasteiger partial charge < -0.3 is 15.4 Å². The zero-order chi connectivity index (χ0) is 18.4. The Morgan fingerprint density at radius 3 is 2.62 bits per heavy atom. The highest BCUT2D eigenvalue weighted by Gasteiger charge is 2.28. The van der Waals surface area contributed by atoms with Crippen molar-refractivity contribution in [3.05, 3.63) is 0 Å². The number of nitrogens with zero attached hydrogens (tertiary/aromatic N) is 1. The van der Waals surface area contributed by atoms with E-state index in [4.69, 9.17) is 9.73 Å². The smallest absolute Gasteiger partial charge is 0.191 e. The minimum absolute atomic E-state index is 0.168. The number of nitrogens with one attached hydrogen (secondary N) is 2. The van der Waals surface area contributed by atoms with Gasteiger partial charge in [-0.25, -0.2) is 8.42 Å². The summed E-state index contributed by atoms with van der Waals surface area (Å²) in [7, 11) is -2.83. The molecule has 2 aliphatic heterocycles. The van der Waals surface area contributed by atoms with Crippen molar-refractivity contribution in [1.82, 2.24) is 10.6 Å². The molecule has 2 saturated heterocycles. The second-order valence-electron chi connectivity index (χ2n) is 8.39. The first-order valence-electron chi connectivity index (χ1n) is 10.4. The number of aliphatic imine (C=N–C) groups is 1. The summed E-state index contributed by atoms with van der Waals surface area (Å²) in [5, 5.41) is 7.12. The molecule has 6 nitrogen and oxygen atoms in total. The normalized spacial score (nSPS) is 33.1. The predicted octanol–water partition coefficient (Wildman–Crippen LogP) is 2.10. The fraction of sp³-hybridized carbons (Fsp3) is 0.947. The minimum atomic E-state index is -2.83. The lowest BCUT2D eigenvalue weighted by Gasteiger charge is -2.30. The molecule has 0 aromatic rings. The zero-order valence-corrected chi connectivity index (χ0v) is 16.9. The van der Waals surface area contributed by atoms with Crippen LogP contribution >= 0.6 is 0 Å². The number of guanidine groups is 1. The van der Waals surface area contributed by atoms with Gasteiger partial charge in [0.25, 0.3) is 0 Å². The molecule has 0 radical (unpaired) electrons. The summed E-state index contributed by atoms with van der Waals surface area (Å²) in [6, 6.07) is 0.378. The summed E-state index contributed by atoms with van der Waals surface area (Å²) in [5.74, 6) is 2.38. The van der Waals surface area contributed by atoms with Gasteiger partial charge in [0.05, 0.1) is 17.6 Å². The lowest BCUT2D eigenvalue weighted by Crippen LogP contribution is -2.48. The van der Waals surface area contributed by atoms with Crippen molar-refractivity contribution in [3.63, 3.8) is 0 Å². The van der Waals surface area contributed by atoms with Gasteiger partial charge in [-0.1, -0.05) is 19.3 Å². The molecule has 3 fully saturated rings. The van der Waals surface area contributed by atoms with E-state index in [-0.39, 0.29) is 12.0 Å². The zero-order valence-electron chi connectivity index (χ0n) is 16.1. The van der Waals surface area contributed by atoms with Gasteiger partial charge in [-0.05, 0) is 50.9 Å². The fourth-order valence-electron chi connectivity index (χ4n) is 4.34. The maximum atomic E-state index is 11.7. The van der Waals surface area contributed by atoms with E-state index in [1.807, 2.05) is 0 Å². The molecule has 0 aromatic carbocycles. The largest absolute Gasteiger partial charge is 0.378 e. The molecule has 150 valence electrons. The van der Waals surface area contributed by atoms with Gasteiger partial charge in [-0.15, -0.1) is 0 Å². The first kappa shape index (κ1) is 19.9. The highest BCUT2D eigenvalue weighted by Crippen LogP contribution is 2.23. The van der Waals surface area contributed by atoms with Gasteiger partial charge in [0.15, 0.2) is 15.8 Å². The van der Waals surface area contributed by atoms with Crippen LogP contribution < -0.4 is 10.6 Å². The van der Waals surface area contributed by atoms with E-state index in [1.54, 1.807) is 0 Å². The van der Waals surface area contributed by atoms with Crippen molar-refractivity contribution in [2.45, 2.75) is 70.4 Å². The van der Waals surface area contributed by atoms with Crippen LogP contribution in [0.25, 0.3) is 0 Å². The molecule has 0 amide bonds. The van der Waals surface area contributed by atoms with Crippen LogP contribution in [0.3, 0.4) is 0 Å². The first-order valence-corrected chi connectivity index (χ1v) is 12.2. The summed E-state index contributed by atoms with van der Waals surface area (Å²) in [4.78, 5) is 4.76. The van der Waals surface area contributed by atoms with Crippen molar-refractivity contribution < 1.29 is 13.2 Å². The second kappa shape index (κ2) is 9.40. The number of rotatable bonds is 5. The summed E-state index contributed by atoms with van der Waals surface area (Å²) in [5.41, 5.74) is 0. The molecule has 2 heterocycles. The van der Waals surface area contributed by atoms with E-state index in [0.717, 1.165) is 44.3 Å². The number of sulfone groups is 1. The van der Waals surface area contributed by atoms with E-state index in [1.165, 1.54) is 32.1 Å². The number of hydrogen-bond donors (Lipinski definition) is 2. The molecule has 0 spiro atoms. The average molecular weight is 386 g/mol. The summed E-state index contributed by atoms with van der Waals surface area (Å²) < 4.78 is 29.0. The Balaban J connectivity index is 1.55. The van der Waals surface area contributed by atoms with Crippen molar-refractivity contribution >= 4 is 15.8 Å². The van der Waals surface area contributed by atoms with Gasteiger partial charge in [0.2, 0.25) is 0 Å². The van der Waals surface area contributed by atoms with Gasteiger partial charge in [0, 0.05) is 25.7 Å². The van der Waals surface area contributed by atoms with Crippen LogP contribution in [0, 0.1) is 11.8 Å². The van der Waals surface area contributed by atoms with Crippen LogP contribution in [-0.2, 0) is 14.6 Å². The maximum Gasteiger partial charge on any atom is 0.191 e.